The standard InChI is InChI=1S/C12H24N2/c1-2-4-12(5-6-12)10-13-7-3-11-8-14-9-11/h11,13-14H,2-10H2,1H3. The van der Waals surface area contributed by atoms with Gasteiger partial charge in [-0.05, 0) is 56.7 Å². The third-order valence-corrected chi connectivity index (χ3v) is 3.83. The van der Waals surface area contributed by atoms with Gasteiger partial charge < -0.3 is 10.6 Å². The summed E-state index contributed by atoms with van der Waals surface area (Å²) in [4.78, 5) is 0. The molecule has 0 aromatic rings. The quantitative estimate of drug-likeness (QED) is 0.606. The van der Waals surface area contributed by atoms with Gasteiger partial charge in [0.2, 0.25) is 0 Å². The van der Waals surface area contributed by atoms with Gasteiger partial charge in [-0.25, -0.2) is 0 Å². The van der Waals surface area contributed by atoms with Gasteiger partial charge in [0.05, 0.1) is 0 Å². The zero-order valence-electron chi connectivity index (χ0n) is 9.44. The van der Waals surface area contributed by atoms with Crippen LogP contribution in [0.3, 0.4) is 0 Å². The Morgan fingerprint density at radius 2 is 2.14 bits per heavy atom. The molecule has 14 heavy (non-hydrogen) atoms. The summed E-state index contributed by atoms with van der Waals surface area (Å²) in [6.07, 6.45) is 7.10. The first-order valence-corrected chi connectivity index (χ1v) is 6.26. The molecule has 2 heteroatoms. The van der Waals surface area contributed by atoms with E-state index in [2.05, 4.69) is 17.6 Å². The zero-order valence-corrected chi connectivity index (χ0v) is 9.44. The predicted octanol–water partition coefficient (Wildman–Crippen LogP) is 1.77. The molecule has 2 nitrogen and oxygen atoms in total. The second-order valence-corrected chi connectivity index (χ2v) is 5.24. The minimum atomic E-state index is 0.729. The fourth-order valence-corrected chi connectivity index (χ4v) is 2.43. The summed E-state index contributed by atoms with van der Waals surface area (Å²) in [6.45, 7) is 7.32. The summed E-state index contributed by atoms with van der Waals surface area (Å²) >= 11 is 0. The van der Waals surface area contributed by atoms with Crippen LogP contribution in [-0.2, 0) is 0 Å². The van der Waals surface area contributed by atoms with Crippen LogP contribution in [0.1, 0.15) is 39.0 Å². The van der Waals surface area contributed by atoms with Gasteiger partial charge in [0.25, 0.3) is 0 Å². The molecule has 2 fully saturated rings. The Kier molecular flexibility index (Phi) is 3.45. The van der Waals surface area contributed by atoms with E-state index in [1.165, 1.54) is 58.3 Å². The van der Waals surface area contributed by atoms with E-state index in [4.69, 9.17) is 0 Å². The van der Waals surface area contributed by atoms with E-state index in [1.807, 2.05) is 0 Å². The highest BCUT2D eigenvalue weighted by Gasteiger charge is 2.40. The molecule has 2 rings (SSSR count). The Balaban J connectivity index is 1.49. The van der Waals surface area contributed by atoms with Crippen LogP contribution in [-0.4, -0.2) is 26.2 Å². The van der Waals surface area contributed by atoms with E-state index in [0.717, 1.165) is 11.3 Å². The zero-order chi connectivity index (χ0) is 9.86. The third kappa shape index (κ3) is 2.71. The summed E-state index contributed by atoms with van der Waals surface area (Å²) < 4.78 is 0. The van der Waals surface area contributed by atoms with Gasteiger partial charge in [-0.1, -0.05) is 13.3 Å². The lowest BCUT2D eigenvalue weighted by Gasteiger charge is -2.27. The average molecular weight is 196 g/mol. The first kappa shape index (κ1) is 10.4. The fraction of sp³-hybridized carbons (Fsp3) is 1.00. The molecule has 0 aromatic carbocycles. The van der Waals surface area contributed by atoms with Crippen LogP contribution >= 0.6 is 0 Å². The van der Waals surface area contributed by atoms with Crippen molar-refractivity contribution in [3.63, 3.8) is 0 Å². The van der Waals surface area contributed by atoms with Crippen molar-refractivity contribution < 1.29 is 0 Å². The summed E-state index contributed by atoms with van der Waals surface area (Å²) in [6, 6.07) is 0. The Bertz CT molecular complexity index is 171. The molecule has 0 radical (unpaired) electrons. The highest BCUT2D eigenvalue weighted by Crippen LogP contribution is 2.48. The maximum Gasteiger partial charge on any atom is 0.000781 e. The fourth-order valence-electron chi connectivity index (χ4n) is 2.43. The molecule has 2 N–H and O–H groups in total. The highest BCUT2D eigenvalue weighted by molar-refractivity contribution is 4.94. The van der Waals surface area contributed by atoms with Gasteiger partial charge >= 0.3 is 0 Å². The van der Waals surface area contributed by atoms with E-state index in [1.54, 1.807) is 0 Å². The Morgan fingerprint density at radius 1 is 1.36 bits per heavy atom. The van der Waals surface area contributed by atoms with E-state index in [9.17, 15) is 0 Å². The Morgan fingerprint density at radius 3 is 2.64 bits per heavy atom. The maximum absolute atomic E-state index is 3.64. The maximum atomic E-state index is 3.64. The van der Waals surface area contributed by atoms with Crippen molar-refractivity contribution in [1.29, 1.82) is 0 Å². The summed E-state index contributed by atoms with van der Waals surface area (Å²) in [7, 11) is 0. The molecule has 1 heterocycles. The number of rotatable bonds is 7. The lowest BCUT2D eigenvalue weighted by Crippen LogP contribution is -2.43. The van der Waals surface area contributed by atoms with Crippen molar-refractivity contribution in [2.75, 3.05) is 26.2 Å². The van der Waals surface area contributed by atoms with E-state index < -0.39 is 0 Å². The monoisotopic (exact) mass is 196 g/mol. The summed E-state index contributed by atoms with van der Waals surface area (Å²) in [5.74, 6) is 0.962. The molecular weight excluding hydrogens is 172 g/mol. The van der Waals surface area contributed by atoms with Crippen molar-refractivity contribution in [2.45, 2.75) is 39.0 Å². The highest BCUT2D eigenvalue weighted by atomic mass is 15.0. The second-order valence-electron chi connectivity index (χ2n) is 5.24. The molecule has 1 aliphatic carbocycles. The van der Waals surface area contributed by atoms with Crippen molar-refractivity contribution >= 4 is 0 Å². The van der Waals surface area contributed by atoms with Gasteiger partial charge in [-0.3, -0.25) is 0 Å². The third-order valence-electron chi connectivity index (χ3n) is 3.83. The van der Waals surface area contributed by atoms with Gasteiger partial charge in [-0.15, -0.1) is 0 Å². The van der Waals surface area contributed by atoms with E-state index in [-0.39, 0.29) is 0 Å². The van der Waals surface area contributed by atoms with Crippen LogP contribution < -0.4 is 10.6 Å². The van der Waals surface area contributed by atoms with Crippen molar-refractivity contribution in [3.05, 3.63) is 0 Å². The first-order chi connectivity index (χ1) is 6.85. The molecule has 1 saturated carbocycles. The normalized spacial score (nSPS) is 24.6. The number of hydrogen-bond donors (Lipinski definition) is 2. The molecule has 0 bridgehead atoms. The van der Waals surface area contributed by atoms with Gasteiger partial charge in [0.15, 0.2) is 0 Å². The van der Waals surface area contributed by atoms with Crippen LogP contribution in [0.15, 0.2) is 0 Å². The van der Waals surface area contributed by atoms with Gasteiger partial charge in [0, 0.05) is 6.54 Å². The van der Waals surface area contributed by atoms with E-state index in [0.29, 0.717) is 0 Å². The molecular formula is C12H24N2. The Hall–Kier alpha value is -0.0800. The molecule has 1 aliphatic heterocycles. The van der Waals surface area contributed by atoms with Crippen molar-refractivity contribution in [2.24, 2.45) is 11.3 Å². The number of nitrogens with one attached hydrogen (secondary N) is 2. The second kappa shape index (κ2) is 4.63. The SMILES string of the molecule is CCCC1(CNCCC2CNC2)CC1. The van der Waals surface area contributed by atoms with Crippen LogP contribution in [0.5, 0.6) is 0 Å². The van der Waals surface area contributed by atoms with Gasteiger partial charge in [0.1, 0.15) is 0 Å². The minimum absolute atomic E-state index is 0.729. The molecule has 0 unspecified atom stereocenters. The van der Waals surface area contributed by atoms with Crippen molar-refractivity contribution in [1.82, 2.24) is 10.6 Å². The molecule has 82 valence electrons. The smallest absolute Gasteiger partial charge is 0.000781 e. The summed E-state index contributed by atoms with van der Waals surface area (Å²) in [5.41, 5.74) is 0.729. The van der Waals surface area contributed by atoms with Gasteiger partial charge in [-0.2, -0.15) is 0 Å². The molecule has 0 spiro atoms. The lowest BCUT2D eigenvalue weighted by atomic mass is 9.98. The van der Waals surface area contributed by atoms with Crippen LogP contribution in [0.2, 0.25) is 0 Å². The predicted molar refractivity (Wildman–Crippen MR) is 60.4 cm³/mol. The minimum Gasteiger partial charge on any atom is -0.316 e. The molecule has 0 atom stereocenters. The largest absolute Gasteiger partial charge is 0.316 e. The number of hydrogen-bond acceptors (Lipinski definition) is 2. The molecule has 2 aliphatic rings. The molecule has 1 saturated heterocycles. The first-order valence-electron chi connectivity index (χ1n) is 6.26. The molecule has 0 aromatic heterocycles. The average Bonchev–Trinajstić information content (AvgIpc) is 2.83. The lowest BCUT2D eigenvalue weighted by molar-refractivity contribution is 0.315. The van der Waals surface area contributed by atoms with Crippen LogP contribution in [0, 0.1) is 11.3 Å². The molecule has 0 amide bonds. The van der Waals surface area contributed by atoms with Crippen LogP contribution in [0.25, 0.3) is 0 Å². The topological polar surface area (TPSA) is 24.1 Å². The van der Waals surface area contributed by atoms with E-state index >= 15 is 0 Å². The van der Waals surface area contributed by atoms with Crippen molar-refractivity contribution in [3.8, 4) is 0 Å². The Labute approximate surface area is 87.8 Å². The van der Waals surface area contributed by atoms with Crippen LogP contribution in [0.4, 0.5) is 0 Å². The summed E-state index contributed by atoms with van der Waals surface area (Å²) in [5, 5.41) is 6.97.